The summed E-state index contributed by atoms with van der Waals surface area (Å²) in [7, 11) is 1.01. The van der Waals surface area contributed by atoms with E-state index in [4.69, 9.17) is 15.2 Å². The molecule has 34 heavy (non-hydrogen) atoms. The number of halogens is 5. The van der Waals surface area contributed by atoms with Gasteiger partial charge in [-0.1, -0.05) is 13.0 Å². The quantitative estimate of drug-likeness (QED) is 0.339. The van der Waals surface area contributed by atoms with Gasteiger partial charge in [0, 0.05) is 34.3 Å². The zero-order valence-electron chi connectivity index (χ0n) is 18.1. The number of primary amides is 1. The maximum Gasteiger partial charge on any atom is 0.417 e. The lowest BCUT2D eigenvalue weighted by Crippen LogP contribution is -2.47. The molecule has 2 aromatic rings. The molecule has 0 saturated carbocycles. The molecule has 8 nitrogen and oxygen atoms in total. The fraction of sp³-hybridized carbons (Fsp3) is 0.381. The standard InChI is InChI=1S/C21H20F5N3O5/c1-9-14(11-4-5-12(22)15(23)16(11)33-3)17(34-20(9,2)21(24,25)26)19(31)28-10-6-7-29(32)13(8-10)18(27)30/h4-9,14,17,32H,1-3H3,(H2,27,30)/p+1/t9-,14+,17-,20-/m0/s1. The lowest BCUT2D eigenvalue weighted by atomic mass is 9.77. The Bertz CT molecular complexity index is 1140. The molecule has 184 valence electrons. The van der Waals surface area contributed by atoms with Crippen LogP contribution < -0.4 is 20.5 Å². The van der Waals surface area contributed by atoms with Crippen LogP contribution in [0.3, 0.4) is 0 Å². The first-order chi connectivity index (χ1) is 15.7. The molecule has 1 fully saturated rings. The number of aromatic nitrogens is 1. The summed E-state index contributed by atoms with van der Waals surface area (Å²) in [5.74, 6) is -8.30. The summed E-state index contributed by atoms with van der Waals surface area (Å²) in [5.41, 5.74) is 1.61. The van der Waals surface area contributed by atoms with Crippen molar-refractivity contribution in [2.24, 2.45) is 11.7 Å². The molecule has 0 spiro atoms. The minimum atomic E-state index is -4.92. The van der Waals surface area contributed by atoms with Crippen molar-refractivity contribution in [3.05, 3.63) is 53.4 Å². The predicted molar refractivity (Wildman–Crippen MR) is 105 cm³/mol. The summed E-state index contributed by atoms with van der Waals surface area (Å²) in [6.45, 7) is 1.93. The van der Waals surface area contributed by atoms with Crippen LogP contribution in [0.25, 0.3) is 0 Å². The van der Waals surface area contributed by atoms with E-state index < -0.39 is 64.6 Å². The van der Waals surface area contributed by atoms with Crippen LogP contribution in [0, 0.1) is 17.6 Å². The average Bonchev–Trinajstić information content (AvgIpc) is 3.03. The third kappa shape index (κ3) is 4.11. The molecule has 0 bridgehead atoms. The number of hydrogen-bond donors (Lipinski definition) is 3. The van der Waals surface area contributed by atoms with Gasteiger partial charge in [0.1, 0.15) is 6.10 Å². The van der Waals surface area contributed by atoms with E-state index in [1.54, 1.807) is 0 Å². The van der Waals surface area contributed by atoms with Crippen LogP contribution in [-0.4, -0.2) is 42.0 Å². The summed E-state index contributed by atoms with van der Waals surface area (Å²) >= 11 is 0. The van der Waals surface area contributed by atoms with Crippen LogP contribution in [0.1, 0.15) is 35.8 Å². The number of carbonyl (C=O) groups is 2. The number of alkyl halides is 3. The Morgan fingerprint density at radius 3 is 2.47 bits per heavy atom. The molecular weight excluding hydrogens is 469 g/mol. The number of rotatable bonds is 5. The normalized spacial score (nSPS) is 24.6. The second kappa shape index (κ2) is 8.70. The number of hydrogen-bond acceptors (Lipinski definition) is 5. The van der Waals surface area contributed by atoms with Crippen molar-refractivity contribution in [3.63, 3.8) is 0 Å². The van der Waals surface area contributed by atoms with Crippen molar-refractivity contribution >= 4 is 17.5 Å². The van der Waals surface area contributed by atoms with E-state index >= 15 is 0 Å². The highest BCUT2D eigenvalue weighted by Crippen LogP contribution is 2.54. The highest BCUT2D eigenvalue weighted by Gasteiger charge is 2.65. The number of ether oxygens (including phenoxy) is 2. The van der Waals surface area contributed by atoms with Gasteiger partial charge in [-0.15, -0.1) is 0 Å². The van der Waals surface area contributed by atoms with Crippen LogP contribution >= 0.6 is 0 Å². The molecule has 3 rings (SSSR count). The Kier molecular flexibility index (Phi) is 6.44. The van der Waals surface area contributed by atoms with Crippen LogP contribution in [0.15, 0.2) is 30.5 Å². The molecule has 2 heterocycles. The van der Waals surface area contributed by atoms with Gasteiger partial charge in [-0.05, 0) is 13.0 Å². The molecule has 1 aliphatic heterocycles. The van der Waals surface area contributed by atoms with Crippen molar-refractivity contribution in [1.82, 2.24) is 0 Å². The minimum Gasteiger partial charge on any atom is -0.493 e. The van der Waals surface area contributed by atoms with E-state index in [1.165, 1.54) is 6.92 Å². The lowest BCUT2D eigenvalue weighted by molar-refractivity contribution is -0.905. The van der Waals surface area contributed by atoms with Gasteiger partial charge in [-0.25, -0.2) is 4.39 Å². The molecule has 13 heteroatoms. The maximum absolute atomic E-state index is 14.4. The van der Waals surface area contributed by atoms with Crippen LogP contribution in [0.5, 0.6) is 5.75 Å². The van der Waals surface area contributed by atoms with Gasteiger partial charge in [0.25, 0.3) is 5.91 Å². The van der Waals surface area contributed by atoms with Crippen molar-refractivity contribution in [2.45, 2.75) is 37.6 Å². The molecular formula is C21H21F5N3O5+. The Labute approximate surface area is 190 Å². The van der Waals surface area contributed by atoms with Gasteiger partial charge in [-0.2, -0.15) is 17.6 Å². The van der Waals surface area contributed by atoms with Gasteiger partial charge >= 0.3 is 17.8 Å². The average molecular weight is 490 g/mol. The number of benzene rings is 1. The van der Waals surface area contributed by atoms with Gasteiger partial charge in [0.15, 0.2) is 17.2 Å². The fourth-order valence-corrected chi connectivity index (χ4v) is 4.01. The molecule has 4 N–H and O–H groups in total. The summed E-state index contributed by atoms with van der Waals surface area (Å²) in [6.07, 6.45) is -5.76. The number of nitrogens with zero attached hydrogens (tertiary/aromatic N) is 1. The van der Waals surface area contributed by atoms with E-state index in [0.717, 1.165) is 38.4 Å². The maximum atomic E-state index is 14.4. The lowest BCUT2D eigenvalue weighted by Gasteiger charge is -2.32. The largest absolute Gasteiger partial charge is 0.493 e. The number of anilines is 1. The molecule has 1 aromatic heterocycles. The molecule has 0 unspecified atom stereocenters. The second-order valence-electron chi connectivity index (χ2n) is 7.94. The molecule has 0 aliphatic carbocycles. The Morgan fingerprint density at radius 2 is 1.91 bits per heavy atom. The Morgan fingerprint density at radius 1 is 1.26 bits per heavy atom. The third-order valence-electron chi connectivity index (χ3n) is 6.02. The van der Waals surface area contributed by atoms with Gasteiger partial charge in [-0.3, -0.25) is 14.8 Å². The van der Waals surface area contributed by atoms with E-state index in [9.17, 15) is 36.7 Å². The number of carbonyl (C=O) groups excluding carboxylic acids is 2. The number of nitrogens with two attached hydrogens (primary N) is 1. The zero-order valence-corrected chi connectivity index (χ0v) is 18.1. The molecule has 2 amide bonds. The number of nitrogens with one attached hydrogen (secondary N) is 1. The molecule has 1 aromatic carbocycles. The first-order valence-corrected chi connectivity index (χ1v) is 9.85. The van der Waals surface area contributed by atoms with Crippen LogP contribution in [0.4, 0.5) is 27.6 Å². The molecule has 1 aliphatic rings. The van der Waals surface area contributed by atoms with E-state index in [1.807, 2.05) is 0 Å². The van der Waals surface area contributed by atoms with Crippen molar-refractivity contribution < 1.29 is 51.0 Å². The highest BCUT2D eigenvalue weighted by molar-refractivity contribution is 5.97. The summed E-state index contributed by atoms with van der Waals surface area (Å²) < 4.78 is 80.5. The monoisotopic (exact) mass is 490 g/mol. The Hall–Kier alpha value is -3.48. The smallest absolute Gasteiger partial charge is 0.417 e. The van der Waals surface area contributed by atoms with E-state index in [2.05, 4.69) is 5.32 Å². The molecule has 0 radical (unpaired) electrons. The number of methoxy groups -OCH3 is 1. The first-order valence-electron chi connectivity index (χ1n) is 9.85. The topological polar surface area (TPSA) is 115 Å². The van der Waals surface area contributed by atoms with Crippen molar-refractivity contribution in [1.29, 1.82) is 0 Å². The number of amides is 2. The number of pyridine rings is 1. The van der Waals surface area contributed by atoms with Gasteiger partial charge in [0.05, 0.1) is 12.8 Å². The highest BCUT2D eigenvalue weighted by atomic mass is 19.4. The SMILES string of the molecule is COc1c([C@@H]2[C@@H](C(=O)Nc3cc[n+](O)c(C(N)=O)c3)O[C@](C)(C(F)(F)F)[C@H]2C)ccc(F)c1F. The zero-order chi connectivity index (χ0) is 25.6. The summed E-state index contributed by atoms with van der Waals surface area (Å²) in [6, 6.07) is 3.90. The third-order valence-corrected chi connectivity index (χ3v) is 6.02. The van der Waals surface area contributed by atoms with Crippen LogP contribution in [-0.2, 0) is 9.53 Å². The van der Waals surface area contributed by atoms with Crippen molar-refractivity contribution in [3.8, 4) is 5.75 Å². The van der Waals surface area contributed by atoms with Gasteiger partial charge in [0.2, 0.25) is 12.0 Å². The Balaban J connectivity index is 2.08. The van der Waals surface area contributed by atoms with E-state index in [0.29, 0.717) is 10.8 Å². The molecule has 4 atom stereocenters. The molecule has 1 saturated heterocycles. The first kappa shape index (κ1) is 25.1. The van der Waals surface area contributed by atoms with E-state index in [-0.39, 0.29) is 11.3 Å². The predicted octanol–water partition coefficient (Wildman–Crippen LogP) is 2.68. The second-order valence-corrected chi connectivity index (χ2v) is 7.94. The van der Waals surface area contributed by atoms with Crippen molar-refractivity contribution in [2.75, 3.05) is 12.4 Å². The fourth-order valence-electron chi connectivity index (χ4n) is 4.01. The summed E-state index contributed by atoms with van der Waals surface area (Å²) in [4.78, 5) is 24.5. The van der Waals surface area contributed by atoms with Crippen LogP contribution in [0.2, 0.25) is 0 Å². The van der Waals surface area contributed by atoms with Gasteiger partial charge < -0.3 is 20.5 Å². The summed E-state index contributed by atoms with van der Waals surface area (Å²) in [5, 5.41) is 11.9. The minimum absolute atomic E-state index is 0.0861.